The maximum atomic E-state index is 12.8. The SMILES string of the molecule is Cc1cccc(C)[n+]1CC1=C(C(=O)O)N2C(=O)C(NC(=O)Cc3ccccc3)C2SC1. The molecule has 0 spiro atoms. The maximum Gasteiger partial charge on any atom is 0.352 e. The van der Waals surface area contributed by atoms with Crippen molar-refractivity contribution in [3.05, 3.63) is 76.8 Å². The summed E-state index contributed by atoms with van der Waals surface area (Å²) in [5, 5.41) is 12.3. The minimum Gasteiger partial charge on any atom is -0.477 e. The molecule has 4 rings (SSSR count). The summed E-state index contributed by atoms with van der Waals surface area (Å²) in [6, 6.07) is 14.5. The number of aryl methyl sites for hydroxylation is 2. The number of fused-ring (bicyclic) bond motifs is 1. The molecule has 2 amide bonds. The molecule has 2 unspecified atom stereocenters. The Bertz CT molecular complexity index is 1060. The van der Waals surface area contributed by atoms with E-state index in [-0.39, 0.29) is 23.9 Å². The van der Waals surface area contributed by atoms with Crippen molar-refractivity contribution >= 4 is 29.5 Å². The fourth-order valence-electron chi connectivity index (χ4n) is 4.04. The number of carboxylic acids is 1. The number of pyridine rings is 1. The van der Waals surface area contributed by atoms with Crippen LogP contribution >= 0.6 is 11.8 Å². The second-order valence-corrected chi connectivity index (χ2v) is 8.87. The fraction of sp³-hybridized carbons (Fsp3) is 0.304. The van der Waals surface area contributed by atoms with E-state index in [9.17, 15) is 19.5 Å². The molecular formula is C23H24N3O4S+. The number of aromatic nitrogens is 1. The summed E-state index contributed by atoms with van der Waals surface area (Å²) in [5.41, 5.74) is 3.63. The van der Waals surface area contributed by atoms with E-state index in [0.717, 1.165) is 17.0 Å². The van der Waals surface area contributed by atoms with E-state index in [2.05, 4.69) is 5.32 Å². The van der Waals surface area contributed by atoms with E-state index in [4.69, 9.17) is 0 Å². The minimum atomic E-state index is -1.12. The van der Waals surface area contributed by atoms with Gasteiger partial charge in [-0.25, -0.2) is 4.79 Å². The number of nitrogens with zero attached hydrogens (tertiary/aromatic N) is 2. The number of thioether (sulfide) groups is 1. The Morgan fingerprint density at radius 2 is 1.81 bits per heavy atom. The van der Waals surface area contributed by atoms with Gasteiger partial charge in [0.25, 0.3) is 5.91 Å². The number of hydrogen-bond donors (Lipinski definition) is 2. The Morgan fingerprint density at radius 1 is 1.13 bits per heavy atom. The first kappa shape index (κ1) is 21.1. The summed E-state index contributed by atoms with van der Waals surface area (Å²) in [4.78, 5) is 38.6. The number of aliphatic carboxylic acids is 1. The number of hydrogen-bond acceptors (Lipinski definition) is 4. The smallest absolute Gasteiger partial charge is 0.352 e. The van der Waals surface area contributed by atoms with Crippen LogP contribution in [-0.4, -0.2) is 45.0 Å². The molecule has 1 fully saturated rings. The van der Waals surface area contributed by atoms with Gasteiger partial charge in [-0.1, -0.05) is 30.3 Å². The molecule has 1 saturated heterocycles. The quantitative estimate of drug-likeness (QED) is 0.528. The Morgan fingerprint density at radius 3 is 2.45 bits per heavy atom. The van der Waals surface area contributed by atoms with Crippen LogP contribution in [-0.2, 0) is 27.3 Å². The lowest BCUT2D eigenvalue weighted by molar-refractivity contribution is -0.700. The zero-order valence-electron chi connectivity index (χ0n) is 17.4. The topological polar surface area (TPSA) is 90.6 Å². The standard InChI is InChI=1S/C23H23N3O4S/c1-14-7-6-8-15(2)25(14)12-17-13-31-22-19(21(28)26(22)20(17)23(29)30)24-18(27)11-16-9-4-3-5-10-16/h3-10,19,22H,11-13H2,1-2H3,(H-,24,27,29,30)/p+1. The molecule has 2 N–H and O–H groups in total. The first-order chi connectivity index (χ1) is 14.9. The summed E-state index contributed by atoms with van der Waals surface area (Å²) < 4.78 is 2.04. The van der Waals surface area contributed by atoms with Gasteiger partial charge >= 0.3 is 5.97 Å². The molecule has 7 nitrogen and oxygen atoms in total. The van der Waals surface area contributed by atoms with Crippen molar-refractivity contribution in [1.82, 2.24) is 10.2 Å². The molecule has 1 aromatic carbocycles. The average Bonchev–Trinajstić information content (AvgIpc) is 2.74. The largest absolute Gasteiger partial charge is 0.477 e. The van der Waals surface area contributed by atoms with Crippen LogP contribution in [0.2, 0.25) is 0 Å². The predicted molar refractivity (Wildman–Crippen MR) is 116 cm³/mol. The molecular weight excluding hydrogens is 414 g/mol. The van der Waals surface area contributed by atoms with Gasteiger partial charge in [-0.05, 0) is 11.6 Å². The molecule has 160 valence electrons. The first-order valence-corrected chi connectivity index (χ1v) is 11.1. The number of carbonyl (C=O) groups is 3. The number of benzene rings is 1. The number of carboxylic acid groups (broad SMARTS) is 1. The fourth-order valence-corrected chi connectivity index (χ4v) is 5.37. The third-order valence-electron chi connectivity index (χ3n) is 5.65. The first-order valence-electron chi connectivity index (χ1n) is 10.1. The molecule has 1 aromatic heterocycles. The van der Waals surface area contributed by atoms with Crippen molar-refractivity contribution in [1.29, 1.82) is 0 Å². The number of carbonyl (C=O) groups excluding carboxylic acids is 2. The molecule has 0 aliphatic carbocycles. The van der Waals surface area contributed by atoms with Crippen LogP contribution in [0.4, 0.5) is 0 Å². The van der Waals surface area contributed by atoms with Crippen LogP contribution in [0.3, 0.4) is 0 Å². The zero-order chi connectivity index (χ0) is 22.1. The maximum absolute atomic E-state index is 12.8. The summed E-state index contributed by atoms with van der Waals surface area (Å²) in [6.07, 6.45) is 0.179. The van der Waals surface area contributed by atoms with Crippen molar-refractivity contribution in [2.75, 3.05) is 5.75 Å². The van der Waals surface area contributed by atoms with Crippen LogP contribution in [0.5, 0.6) is 0 Å². The van der Waals surface area contributed by atoms with Gasteiger partial charge in [-0.15, -0.1) is 11.8 Å². The van der Waals surface area contributed by atoms with E-state index in [1.54, 1.807) is 0 Å². The van der Waals surface area contributed by atoms with Crippen molar-refractivity contribution in [2.45, 2.75) is 38.2 Å². The number of rotatable bonds is 6. The molecule has 2 aromatic rings. The van der Waals surface area contributed by atoms with Crippen LogP contribution in [0.1, 0.15) is 17.0 Å². The van der Waals surface area contributed by atoms with Gasteiger partial charge in [0.15, 0.2) is 17.9 Å². The van der Waals surface area contributed by atoms with Crippen molar-refractivity contribution < 1.29 is 24.1 Å². The molecule has 3 heterocycles. The lowest BCUT2D eigenvalue weighted by Crippen LogP contribution is -2.70. The van der Waals surface area contributed by atoms with Gasteiger partial charge in [0.1, 0.15) is 17.1 Å². The van der Waals surface area contributed by atoms with Crippen LogP contribution < -0.4 is 9.88 Å². The van der Waals surface area contributed by atoms with Gasteiger partial charge in [-0.3, -0.25) is 14.5 Å². The lowest BCUT2D eigenvalue weighted by Gasteiger charge is -2.49. The molecule has 0 saturated carbocycles. The molecule has 2 aliphatic heterocycles. The Hall–Kier alpha value is -3.13. The Balaban J connectivity index is 1.52. The third kappa shape index (κ3) is 4.07. The highest BCUT2D eigenvalue weighted by Crippen LogP contribution is 2.40. The molecule has 31 heavy (non-hydrogen) atoms. The van der Waals surface area contributed by atoms with E-state index < -0.39 is 17.4 Å². The van der Waals surface area contributed by atoms with Crippen LogP contribution in [0.25, 0.3) is 0 Å². The van der Waals surface area contributed by atoms with Crippen molar-refractivity contribution in [2.24, 2.45) is 0 Å². The normalized spacial score (nSPS) is 20.2. The molecule has 0 bridgehead atoms. The number of amides is 2. The second-order valence-electron chi connectivity index (χ2n) is 7.77. The minimum absolute atomic E-state index is 0.0393. The summed E-state index contributed by atoms with van der Waals surface area (Å²) in [7, 11) is 0. The Kier molecular flexibility index (Phi) is 5.82. The molecule has 0 radical (unpaired) electrons. The molecule has 8 heteroatoms. The van der Waals surface area contributed by atoms with Crippen molar-refractivity contribution in [3.8, 4) is 0 Å². The number of β-lactam (4-membered cyclic amide) rings is 1. The summed E-state index contributed by atoms with van der Waals surface area (Å²) in [6.45, 7) is 4.36. The van der Waals surface area contributed by atoms with Gasteiger partial charge < -0.3 is 10.4 Å². The highest BCUT2D eigenvalue weighted by atomic mass is 32.2. The highest BCUT2D eigenvalue weighted by Gasteiger charge is 2.54. The lowest BCUT2D eigenvalue weighted by atomic mass is 10.0. The van der Waals surface area contributed by atoms with Gasteiger partial charge in [-0.2, -0.15) is 4.57 Å². The summed E-state index contributed by atoms with van der Waals surface area (Å²) in [5.74, 6) is -1.25. The monoisotopic (exact) mass is 438 g/mol. The van der Waals surface area contributed by atoms with E-state index >= 15 is 0 Å². The van der Waals surface area contributed by atoms with Crippen molar-refractivity contribution in [3.63, 3.8) is 0 Å². The molecule has 2 atom stereocenters. The van der Waals surface area contributed by atoms with E-state index in [1.165, 1.54) is 16.7 Å². The third-order valence-corrected chi connectivity index (χ3v) is 6.99. The van der Waals surface area contributed by atoms with E-state index in [1.807, 2.05) is 66.9 Å². The van der Waals surface area contributed by atoms with Crippen LogP contribution in [0, 0.1) is 13.8 Å². The van der Waals surface area contributed by atoms with E-state index in [0.29, 0.717) is 17.9 Å². The van der Waals surface area contributed by atoms with Gasteiger partial charge in [0.05, 0.1) is 6.42 Å². The Labute approximate surface area is 184 Å². The second kappa shape index (κ2) is 8.55. The predicted octanol–water partition coefficient (Wildman–Crippen LogP) is 1.57. The van der Waals surface area contributed by atoms with Gasteiger partial charge in [0, 0.05) is 37.3 Å². The highest BCUT2D eigenvalue weighted by molar-refractivity contribution is 8.00. The zero-order valence-corrected chi connectivity index (χ0v) is 18.2. The summed E-state index contributed by atoms with van der Waals surface area (Å²) >= 11 is 1.49. The molecule has 2 aliphatic rings. The van der Waals surface area contributed by atoms with Gasteiger partial charge in [0.2, 0.25) is 5.91 Å². The average molecular weight is 439 g/mol. The number of nitrogens with one attached hydrogen (secondary N) is 1. The van der Waals surface area contributed by atoms with Crippen LogP contribution in [0.15, 0.2) is 59.8 Å².